The Morgan fingerprint density at radius 1 is 1.60 bits per heavy atom. The summed E-state index contributed by atoms with van der Waals surface area (Å²) >= 11 is 7.22. The highest BCUT2D eigenvalue weighted by Gasteiger charge is 2.19. The first-order valence-electron chi connectivity index (χ1n) is 4.78. The number of carbonyl (C=O) groups excluding carboxylic acids is 1. The zero-order valence-corrected chi connectivity index (χ0v) is 10.4. The van der Waals surface area contributed by atoms with Crippen molar-refractivity contribution in [3.63, 3.8) is 0 Å². The lowest BCUT2D eigenvalue weighted by Crippen LogP contribution is -2.34. The van der Waals surface area contributed by atoms with Crippen LogP contribution in [0.15, 0.2) is 12.1 Å². The molecule has 0 aliphatic heterocycles. The summed E-state index contributed by atoms with van der Waals surface area (Å²) in [5, 5.41) is 3.20. The molecule has 0 spiro atoms. The SMILES string of the molecule is CC(C)NC[C@@H](C(N)=O)c1ccc(Cl)s1. The standard InChI is InChI=1S/C10H15ClN2OS/c1-6(2)13-5-7(10(12)14)8-3-4-9(11)15-8/h3-4,6-7,13H,5H2,1-2H3,(H2,12,14)/t7-/m1/s1. The Labute approximate surface area is 98.6 Å². The van der Waals surface area contributed by atoms with Crippen LogP contribution in [0.3, 0.4) is 0 Å². The van der Waals surface area contributed by atoms with E-state index in [1.807, 2.05) is 19.9 Å². The Morgan fingerprint density at radius 2 is 2.27 bits per heavy atom. The molecule has 0 radical (unpaired) electrons. The van der Waals surface area contributed by atoms with Gasteiger partial charge in [0.05, 0.1) is 10.3 Å². The minimum atomic E-state index is -0.318. The first-order chi connectivity index (χ1) is 7.00. The van der Waals surface area contributed by atoms with E-state index < -0.39 is 0 Å². The van der Waals surface area contributed by atoms with Gasteiger partial charge in [0, 0.05) is 17.5 Å². The molecule has 0 bridgehead atoms. The topological polar surface area (TPSA) is 55.1 Å². The third-order valence-electron chi connectivity index (χ3n) is 2.01. The van der Waals surface area contributed by atoms with Crippen LogP contribution >= 0.6 is 22.9 Å². The number of hydrogen-bond acceptors (Lipinski definition) is 3. The Kier molecular flexibility index (Phi) is 4.57. The maximum Gasteiger partial charge on any atom is 0.227 e. The fourth-order valence-corrected chi connectivity index (χ4v) is 2.38. The number of rotatable bonds is 5. The lowest BCUT2D eigenvalue weighted by Gasteiger charge is -2.14. The number of carbonyl (C=O) groups is 1. The molecule has 3 N–H and O–H groups in total. The molecular formula is C10H15ClN2OS. The highest BCUT2D eigenvalue weighted by molar-refractivity contribution is 7.16. The van der Waals surface area contributed by atoms with E-state index in [1.54, 1.807) is 6.07 Å². The van der Waals surface area contributed by atoms with Gasteiger partial charge >= 0.3 is 0 Å². The molecule has 1 amide bonds. The molecule has 84 valence electrons. The quantitative estimate of drug-likeness (QED) is 0.835. The Balaban J connectivity index is 2.70. The van der Waals surface area contributed by atoms with Gasteiger partial charge in [-0.15, -0.1) is 11.3 Å². The van der Waals surface area contributed by atoms with E-state index in [0.29, 0.717) is 16.9 Å². The number of thiophene rings is 1. The fraction of sp³-hybridized carbons (Fsp3) is 0.500. The molecular weight excluding hydrogens is 232 g/mol. The predicted molar refractivity (Wildman–Crippen MR) is 64.4 cm³/mol. The van der Waals surface area contributed by atoms with E-state index in [0.717, 1.165) is 4.88 Å². The number of hydrogen-bond donors (Lipinski definition) is 2. The summed E-state index contributed by atoms with van der Waals surface area (Å²) in [6.07, 6.45) is 0. The summed E-state index contributed by atoms with van der Waals surface area (Å²) in [7, 11) is 0. The Hall–Kier alpha value is -0.580. The Morgan fingerprint density at radius 3 is 2.67 bits per heavy atom. The van der Waals surface area contributed by atoms with Crippen LogP contribution in [-0.2, 0) is 4.79 Å². The molecule has 0 aliphatic carbocycles. The number of nitrogens with two attached hydrogens (primary N) is 1. The van der Waals surface area contributed by atoms with Gasteiger partial charge in [-0.25, -0.2) is 0 Å². The van der Waals surface area contributed by atoms with Crippen LogP contribution in [0.25, 0.3) is 0 Å². The van der Waals surface area contributed by atoms with E-state index in [9.17, 15) is 4.79 Å². The molecule has 1 atom stereocenters. The van der Waals surface area contributed by atoms with E-state index in [-0.39, 0.29) is 11.8 Å². The minimum Gasteiger partial charge on any atom is -0.369 e. The smallest absolute Gasteiger partial charge is 0.227 e. The van der Waals surface area contributed by atoms with Gasteiger partial charge in [-0.05, 0) is 12.1 Å². The van der Waals surface area contributed by atoms with Crippen molar-refractivity contribution in [1.29, 1.82) is 0 Å². The van der Waals surface area contributed by atoms with Gasteiger partial charge in [0.2, 0.25) is 5.91 Å². The van der Waals surface area contributed by atoms with Crippen molar-refractivity contribution in [2.45, 2.75) is 25.8 Å². The highest BCUT2D eigenvalue weighted by atomic mass is 35.5. The molecule has 5 heteroatoms. The summed E-state index contributed by atoms with van der Waals surface area (Å²) < 4.78 is 0.681. The van der Waals surface area contributed by atoms with Gasteiger partial charge in [-0.2, -0.15) is 0 Å². The molecule has 1 aromatic heterocycles. The molecule has 3 nitrogen and oxygen atoms in total. The van der Waals surface area contributed by atoms with Crippen LogP contribution in [0.2, 0.25) is 4.34 Å². The van der Waals surface area contributed by atoms with Crippen molar-refractivity contribution in [1.82, 2.24) is 5.32 Å². The van der Waals surface area contributed by atoms with Gasteiger partial charge in [-0.1, -0.05) is 25.4 Å². The normalized spacial score (nSPS) is 13.1. The first-order valence-corrected chi connectivity index (χ1v) is 5.98. The molecule has 1 heterocycles. The van der Waals surface area contributed by atoms with Crippen LogP contribution in [0.4, 0.5) is 0 Å². The lowest BCUT2D eigenvalue weighted by molar-refractivity contribution is -0.119. The summed E-state index contributed by atoms with van der Waals surface area (Å²) in [6.45, 7) is 4.61. The van der Waals surface area contributed by atoms with E-state index in [4.69, 9.17) is 17.3 Å². The third kappa shape index (κ3) is 3.81. The zero-order chi connectivity index (χ0) is 11.4. The van der Waals surface area contributed by atoms with Gasteiger partial charge in [0.15, 0.2) is 0 Å². The molecule has 1 rings (SSSR count). The largest absolute Gasteiger partial charge is 0.369 e. The highest BCUT2D eigenvalue weighted by Crippen LogP contribution is 2.27. The second kappa shape index (κ2) is 5.49. The zero-order valence-electron chi connectivity index (χ0n) is 8.79. The molecule has 0 aliphatic rings. The van der Waals surface area contributed by atoms with Crippen molar-refractivity contribution < 1.29 is 4.79 Å². The first kappa shape index (κ1) is 12.5. The average molecular weight is 247 g/mol. The maximum atomic E-state index is 11.3. The number of primary amides is 1. The second-order valence-corrected chi connectivity index (χ2v) is 5.41. The average Bonchev–Trinajstić information content (AvgIpc) is 2.51. The summed E-state index contributed by atoms with van der Waals surface area (Å²) in [5.74, 6) is -0.605. The van der Waals surface area contributed by atoms with Crippen molar-refractivity contribution in [3.05, 3.63) is 21.3 Å². The van der Waals surface area contributed by atoms with E-state index in [2.05, 4.69) is 5.32 Å². The lowest BCUT2D eigenvalue weighted by atomic mass is 10.1. The molecule has 1 aromatic rings. The molecule has 0 unspecified atom stereocenters. The monoisotopic (exact) mass is 246 g/mol. The molecule has 0 saturated carbocycles. The number of amides is 1. The third-order valence-corrected chi connectivity index (χ3v) is 3.36. The van der Waals surface area contributed by atoms with Crippen LogP contribution in [0.1, 0.15) is 24.6 Å². The van der Waals surface area contributed by atoms with E-state index in [1.165, 1.54) is 11.3 Å². The van der Waals surface area contributed by atoms with Crippen molar-refractivity contribution in [2.75, 3.05) is 6.54 Å². The molecule has 0 fully saturated rings. The summed E-state index contributed by atoms with van der Waals surface area (Å²) in [6, 6.07) is 3.97. The number of nitrogens with one attached hydrogen (secondary N) is 1. The molecule has 15 heavy (non-hydrogen) atoms. The van der Waals surface area contributed by atoms with Gasteiger partial charge in [0.1, 0.15) is 0 Å². The predicted octanol–water partition coefficient (Wildman–Crippen LogP) is 1.97. The summed E-state index contributed by atoms with van der Waals surface area (Å²) in [5.41, 5.74) is 5.35. The van der Waals surface area contributed by atoms with Crippen LogP contribution in [0.5, 0.6) is 0 Å². The van der Waals surface area contributed by atoms with Crippen molar-refractivity contribution in [3.8, 4) is 0 Å². The van der Waals surface area contributed by atoms with Gasteiger partial charge in [0.25, 0.3) is 0 Å². The van der Waals surface area contributed by atoms with Gasteiger partial charge in [-0.3, -0.25) is 4.79 Å². The van der Waals surface area contributed by atoms with Gasteiger partial charge < -0.3 is 11.1 Å². The Bertz CT molecular complexity index is 338. The van der Waals surface area contributed by atoms with Crippen LogP contribution in [-0.4, -0.2) is 18.5 Å². The minimum absolute atomic E-state index is 0.287. The van der Waals surface area contributed by atoms with Crippen molar-refractivity contribution >= 4 is 28.8 Å². The second-order valence-electron chi connectivity index (χ2n) is 3.66. The molecule has 0 aromatic carbocycles. The summed E-state index contributed by atoms with van der Waals surface area (Å²) in [4.78, 5) is 12.2. The molecule has 0 saturated heterocycles. The van der Waals surface area contributed by atoms with Crippen LogP contribution < -0.4 is 11.1 Å². The maximum absolute atomic E-state index is 11.3. The van der Waals surface area contributed by atoms with Crippen molar-refractivity contribution in [2.24, 2.45) is 5.73 Å². The fourth-order valence-electron chi connectivity index (χ4n) is 1.21. The number of halogens is 1. The van der Waals surface area contributed by atoms with E-state index >= 15 is 0 Å². The van der Waals surface area contributed by atoms with Crippen LogP contribution in [0, 0.1) is 0 Å².